The quantitative estimate of drug-likeness (QED) is 0.465. The summed E-state index contributed by atoms with van der Waals surface area (Å²) in [4.78, 5) is 24.8. The van der Waals surface area contributed by atoms with Gasteiger partial charge in [-0.15, -0.1) is 0 Å². The van der Waals surface area contributed by atoms with E-state index in [0.717, 1.165) is 32.1 Å². The summed E-state index contributed by atoms with van der Waals surface area (Å²) in [7, 11) is 1.60. The van der Waals surface area contributed by atoms with Crippen LogP contribution in [0.15, 0.2) is 12.2 Å². The highest BCUT2D eigenvalue weighted by molar-refractivity contribution is 5.98. The van der Waals surface area contributed by atoms with E-state index in [1.165, 1.54) is 4.90 Å². The van der Waals surface area contributed by atoms with Crippen LogP contribution in [0.3, 0.4) is 0 Å². The highest BCUT2D eigenvalue weighted by Gasteiger charge is 2.41. The van der Waals surface area contributed by atoms with Crippen LogP contribution in [0, 0.1) is 5.41 Å². The topological polar surface area (TPSA) is 37.4 Å². The van der Waals surface area contributed by atoms with Gasteiger partial charge in [0.2, 0.25) is 11.8 Å². The van der Waals surface area contributed by atoms with Crippen molar-refractivity contribution in [2.45, 2.75) is 44.9 Å². The van der Waals surface area contributed by atoms with Crippen LogP contribution < -0.4 is 0 Å². The maximum Gasteiger partial charge on any atom is 0.229 e. The zero-order valence-electron chi connectivity index (χ0n) is 9.87. The lowest BCUT2D eigenvalue weighted by atomic mass is 9.70. The zero-order chi connectivity index (χ0) is 11.6. The predicted octanol–water partition coefficient (Wildman–Crippen LogP) is 2.27. The first kappa shape index (κ1) is 11.4. The molecule has 0 atom stereocenters. The van der Waals surface area contributed by atoms with Gasteiger partial charge in [0.25, 0.3) is 0 Å². The summed E-state index contributed by atoms with van der Waals surface area (Å²) in [5, 5.41) is 0. The molecule has 0 saturated carbocycles. The molecule has 0 N–H and O–H groups in total. The lowest BCUT2D eigenvalue weighted by Crippen LogP contribution is -2.46. The molecule has 3 nitrogen and oxygen atoms in total. The molecule has 2 aliphatic rings. The molecule has 16 heavy (non-hydrogen) atoms. The number of piperidine rings is 1. The Balaban J connectivity index is 2.14. The van der Waals surface area contributed by atoms with Crippen LogP contribution in [0.1, 0.15) is 44.9 Å². The molecule has 1 fully saturated rings. The van der Waals surface area contributed by atoms with Gasteiger partial charge in [-0.25, -0.2) is 0 Å². The highest BCUT2D eigenvalue weighted by Crippen LogP contribution is 2.42. The molecule has 2 amide bonds. The molecule has 0 aromatic heterocycles. The van der Waals surface area contributed by atoms with Gasteiger partial charge in [0.05, 0.1) is 0 Å². The molecule has 1 spiro atoms. The molecule has 0 unspecified atom stereocenters. The van der Waals surface area contributed by atoms with Gasteiger partial charge in [-0.1, -0.05) is 12.2 Å². The largest absolute Gasteiger partial charge is 0.286 e. The predicted molar refractivity (Wildman–Crippen MR) is 61.7 cm³/mol. The Morgan fingerprint density at radius 2 is 1.69 bits per heavy atom. The van der Waals surface area contributed by atoms with E-state index in [-0.39, 0.29) is 17.2 Å². The average molecular weight is 221 g/mol. The first-order valence-electron chi connectivity index (χ1n) is 6.07. The molecule has 1 aliphatic heterocycles. The van der Waals surface area contributed by atoms with Crippen molar-refractivity contribution in [1.29, 1.82) is 0 Å². The minimum absolute atomic E-state index is 0.000744. The van der Waals surface area contributed by atoms with Gasteiger partial charge in [0.15, 0.2) is 0 Å². The molecule has 88 valence electrons. The molecular weight excluding hydrogens is 202 g/mol. The van der Waals surface area contributed by atoms with Crippen LogP contribution in [0.4, 0.5) is 0 Å². The van der Waals surface area contributed by atoms with Gasteiger partial charge >= 0.3 is 0 Å². The van der Waals surface area contributed by atoms with E-state index in [1.807, 2.05) is 0 Å². The molecule has 0 bridgehead atoms. The summed E-state index contributed by atoms with van der Waals surface area (Å²) in [5.74, 6) is 0.00149. The van der Waals surface area contributed by atoms with Gasteiger partial charge < -0.3 is 0 Å². The van der Waals surface area contributed by atoms with Crippen molar-refractivity contribution in [3.63, 3.8) is 0 Å². The molecule has 0 aromatic rings. The Bertz CT molecular complexity index is 315. The molecule has 0 radical (unpaired) electrons. The number of imide groups is 1. The summed E-state index contributed by atoms with van der Waals surface area (Å²) in [6.45, 7) is 0. The monoisotopic (exact) mass is 221 g/mol. The minimum atomic E-state index is -0.0363. The second-order valence-corrected chi connectivity index (χ2v) is 5.10. The number of hydrogen-bond acceptors (Lipinski definition) is 2. The molecule has 1 aliphatic carbocycles. The van der Waals surface area contributed by atoms with Gasteiger partial charge in [0, 0.05) is 19.9 Å². The molecule has 3 heteroatoms. The fraction of sp³-hybridized carbons (Fsp3) is 0.692. The number of likely N-dealkylation sites (tertiary alicyclic amines) is 1. The maximum absolute atomic E-state index is 11.8. The number of nitrogens with zero attached hydrogens (tertiary/aromatic N) is 1. The van der Waals surface area contributed by atoms with Gasteiger partial charge in [-0.05, 0) is 37.5 Å². The first-order chi connectivity index (χ1) is 7.63. The highest BCUT2D eigenvalue weighted by atomic mass is 16.2. The number of rotatable bonds is 0. The van der Waals surface area contributed by atoms with Crippen LogP contribution in [-0.4, -0.2) is 23.8 Å². The van der Waals surface area contributed by atoms with Crippen molar-refractivity contribution < 1.29 is 9.59 Å². The number of amides is 2. The Morgan fingerprint density at radius 3 is 2.38 bits per heavy atom. The Labute approximate surface area is 96.5 Å². The minimum Gasteiger partial charge on any atom is -0.286 e. The van der Waals surface area contributed by atoms with E-state index in [2.05, 4.69) is 12.2 Å². The fourth-order valence-corrected chi connectivity index (χ4v) is 2.78. The van der Waals surface area contributed by atoms with E-state index < -0.39 is 0 Å². The fourth-order valence-electron chi connectivity index (χ4n) is 2.78. The van der Waals surface area contributed by atoms with Crippen molar-refractivity contribution in [3.05, 3.63) is 12.2 Å². The summed E-state index contributed by atoms with van der Waals surface area (Å²) >= 11 is 0. The molecule has 1 saturated heterocycles. The molecule has 2 rings (SSSR count). The second-order valence-electron chi connectivity index (χ2n) is 5.10. The van der Waals surface area contributed by atoms with Crippen LogP contribution in [0.25, 0.3) is 0 Å². The summed E-state index contributed by atoms with van der Waals surface area (Å²) in [6.07, 6.45) is 10.7. The van der Waals surface area contributed by atoms with Crippen molar-refractivity contribution in [3.8, 4) is 0 Å². The lowest BCUT2D eigenvalue weighted by Gasteiger charge is -2.39. The smallest absolute Gasteiger partial charge is 0.229 e. The van der Waals surface area contributed by atoms with Crippen molar-refractivity contribution in [2.24, 2.45) is 5.41 Å². The third kappa shape index (κ3) is 2.18. The van der Waals surface area contributed by atoms with Gasteiger partial charge in [-0.2, -0.15) is 0 Å². The third-order valence-electron chi connectivity index (χ3n) is 3.89. The number of allylic oxidation sites excluding steroid dienone is 2. The second kappa shape index (κ2) is 4.40. The van der Waals surface area contributed by atoms with E-state index in [4.69, 9.17) is 0 Å². The van der Waals surface area contributed by atoms with Gasteiger partial charge in [0.1, 0.15) is 0 Å². The molecule has 0 aromatic carbocycles. The van der Waals surface area contributed by atoms with E-state index in [0.29, 0.717) is 12.8 Å². The van der Waals surface area contributed by atoms with E-state index >= 15 is 0 Å². The zero-order valence-corrected chi connectivity index (χ0v) is 9.87. The summed E-state index contributed by atoms with van der Waals surface area (Å²) in [6, 6.07) is 0. The Hall–Kier alpha value is -1.12. The SMILES string of the molecule is CN1C(=O)CC2(CCC=CCCC2)CC1=O. The van der Waals surface area contributed by atoms with Gasteiger partial charge in [-0.3, -0.25) is 14.5 Å². The maximum atomic E-state index is 11.8. The van der Waals surface area contributed by atoms with Crippen molar-refractivity contribution >= 4 is 11.8 Å². The Kier molecular flexibility index (Phi) is 3.13. The van der Waals surface area contributed by atoms with E-state index in [9.17, 15) is 9.59 Å². The number of hydrogen-bond donors (Lipinski definition) is 0. The van der Waals surface area contributed by atoms with Crippen LogP contribution in [-0.2, 0) is 9.59 Å². The Morgan fingerprint density at radius 1 is 1.06 bits per heavy atom. The van der Waals surface area contributed by atoms with Crippen LogP contribution in [0.2, 0.25) is 0 Å². The normalized spacial score (nSPS) is 25.7. The summed E-state index contributed by atoms with van der Waals surface area (Å²) < 4.78 is 0. The first-order valence-corrected chi connectivity index (χ1v) is 6.07. The number of carbonyl (C=O) groups is 2. The lowest BCUT2D eigenvalue weighted by molar-refractivity contribution is -0.152. The van der Waals surface area contributed by atoms with Crippen LogP contribution in [0.5, 0.6) is 0 Å². The average Bonchev–Trinajstić information content (AvgIpc) is 2.21. The standard InChI is InChI=1S/C13H19NO2/c1-14-11(15)9-13(10-12(14)16)7-5-3-2-4-6-8-13/h2-3H,4-10H2,1H3. The molecular formula is C13H19NO2. The van der Waals surface area contributed by atoms with Crippen molar-refractivity contribution in [1.82, 2.24) is 4.90 Å². The van der Waals surface area contributed by atoms with E-state index in [1.54, 1.807) is 7.05 Å². The van der Waals surface area contributed by atoms with Crippen molar-refractivity contribution in [2.75, 3.05) is 7.05 Å². The van der Waals surface area contributed by atoms with Crippen LogP contribution >= 0.6 is 0 Å². The third-order valence-corrected chi connectivity index (χ3v) is 3.89. The number of carbonyl (C=O) groups excluding carboxylic acids is 2. The molecule has 1 heterocycles. The summed E-state index contributed by atoms with van der Waals surface area (Å²) in [5.41, 5.74) is -0.0363.